The Labute approximate surface area is 100 Å². The number of hydrogen-bond acceptors (Lipinski definition) is 2. The van der Waals surface area contributed by atoms with Crippen LogP contribution in [0.15, 0.2) is 35.1 Å². The van der Waals surface area contributed by atoms with Gasteiger partial charge in [0.25, 0.3) is 0 Å². The molecule has 0 aliphatic carbocycles. The average molecular weight is 283 g/mol. The number of carbonyl (C=O) groups excluding carboxylic acids is 1. The van der Waals surface area contributed by atoms with Crippen molar-refractivity contribution in [2.24, 2.45) is 7.05 Å². The Morgan fingerprint density at radius 3 is 2.81 bits per heavy atom. The van der Waals surface area contributed by atoms with Crippen molar-refractivity contribution in [3.63, 3.8) is 0 Å². The third-order valence-electron chi connectivity index (χ3n) is 2.20. The minimum Gasteiger partial charge on any atom is -0.331 e. The SMILES string of the molecule is Cn1ccnc1C(=O)c1ccc(Br)cc1F. The Bertz CT molecular complexity index is 551. The summed E-state index contributed by atoms with van der Waals surface area (Å²) in [6.07, 6.45) is 3.15. The number of ketones is 1. The van der Waals surface area contributed by atoms with Gasteiger partial charge in [0.2, 0.25) is 5.78 Å². The van der Waals surface area contributed by atoms with E-state index in [9.17, 15) is 9.18 Å². The number of rotatable bonds is 2. The monoisotopic (exact) mass is 282 g/mol. The molecule has 1 heterocycles. The number of imidazole rings is 1. The number of benzene rings is 1. The van der Waals surface area contributed by atoms with Gasteiger partial charge in [-0.1, -0.05) is 15.9 Å². The van der Waals surface area contributed by atoms with Crippen molar-refractivity contribution in [2.75, 3.05) is 0 Å². The number of aromatic nitrogens is 2. The van der Waals surface area contributed by atoms with Crippen molar-refractivity contribution in [3.05, 3.63) is 52.3 Å². The lowest BCUT2D eigenvalue weighted by Gasteiger charge is -2.02. The second-order valence-electron chi connectivity index (χ2n) is 3.32. The maximum absolute atomic E-state index is 13.5. The molecule has 0 saturated carbocycles. The zero-order valence-corrected chi connectivity index (χ0v) is 10.0. The van der Waals surface area contributed by atoms with E-state index < -0.39 is 11.6 Å². The minimum absolute atomic E-state index is 0.0255. The van der Waals surface area contributed by atoms with Crippen molar-refractivity contribution < 1.29 is 9.18 Å². The molecular weight excluding hydrogens is 275 g/mol. The summed E-state index contributed by atoms with van der Waals surface area (Å²) in [5.41, 5.74) is 0.0255. The average Bonchev–Trinajstić information content (AvgIpc) is 2.63. The smallest absolute Gasteiger partial charge is 0.231 e. The Hall–Kier alpha value is -1.49. The Morgan fingerprint density at radius 2 is 2.25 bits per heavy atom. The van der Waals surface area contributed by atoms with Gasteiger partial charge in [-0.25, -0.2) is 9.37 Å². The van der Waals surface area contributed by atoms with Gasteiger partial charge in [0.15, 0.2) is 5.82 Å². The third kappa shape index (κ3) is 1.90. The summed E-state index contributed by atoms with van der Waals surface area (Å²) >= 11 is 3.14. The molecule has 0 atom stereocenters. The van der Waals surface area contributed by atoms with Gasteiger partial charge in [0, 0.05) is 23.9 Å². The van der Waals surface area contributed by atoms with E-state index in [1.807, 2.05) is 0 Å². The van der Waals surface area contributed by atoms with E-state index in [-0.39, 0.29) is 11.4 Å². The van der Waals surface area contributed by atoms with Crippen LogP contribution in [0.4, 0.5) is 4.39 Å². The predicted molar refractivity (Wildman–Crippen MR) is 60.7 cm³/mol. The molecule has 1 aromatic carbocycles. The highest BCUT2D eigenvalue weighted by Crippen LogP contribution is 2.17. The summed E-state index contributed by atoms with van der Waals surface area (Å²) in [6, 6.07) is 4.33. The van der Waals surface area contributed by atoms with Crippen molar-refractivity contribution in [1.29, 1.82) is 0 Å². The van der Waals surface area contributed by atoms with Gasteiger partial charge in [-0.2, -0.15) is 0 Å². The minimum atomic E-state index is -0.553. The van der Waals surface area contributed by atoms with Gasteiger partial charge in [0.1, 0.15) is 5.82 Å². The van der Waals surface area contributed by atoms with Crippen LogP contribution in [-0.2, 0) is 7.05 Å². The first kappa shape index (κ1) is 11.0. The molecule has 0 fully saturated rings. The van der Waals surface area contributed by atoms with E-state index in [1.165, 1.54) is 18.3 Å². The van der Waals surface area contributed by atoms with Crippen LogP contribution in [0.25, 0.3) is 0 Å². The largest absolute Gasteiger partial charge is 0.331 e. The Balaban J connectivity index is 2.46. The van der Waals surface area contributed by atoms with Gasteiger partial charge in [-0.05, 0) is 18.2 Å². The lowest BCUT2D eigenvalue weighted by Crippen LogP contribution is -2.10. The van der Waals surface area contributed by atoms with Gasteiger partial charge >= 0.3 is 0 Å². The lowest BCUT2D eigenvalue weighted by molar-refractivity contribution is 0.102. The summed E-state index contributed by atoms with van der Waals surface area (Å²) in [5, 5.41) is 0. The first-order valence-corrected chi connectivity index (χ1v) is 5.36. The topological polar surface area (TPSA) is 34.9 Å². The highest BCUT2D eigenvalue weighted by Gasteiger charge is 2.17. The molecule has 0 aliphatic rings. The molecular formula is C11H8BrFN2O. The summed E-state index contributed by atoms with van der Waals surface area (Å²) in [7, 11) is 1.69. The first-order chi connectivity index (χ1) is 7.59. The van der Waals surface area contributed by atoms with Crippen LogP contribution >= 0.6 is 15.9 Å². The molecule has 16 heavy (non-hydrogen) atoms. The second-order valence-corrected chi connectivity index (χ2v) is 4.23. The van der Waals surface area contributed by atoms with Gasteiger partial charge < -0.3 is 4.57 Å². The van der Waals surface area contributed by atoms with Crippen LogP contribution in [0.5, 0.6) is 0 Å². The van der Waals surface area contributed by atoms with Crippen LogP contribution in [0.1, 0.15) is 16.2 Å². The number of nitrogens with zero attached hydrogens (tertiary/aromatic N) is 2. The summed E-state index contributed by atoms with van der Waals surface area (Å²) < 4.78 is 15.7. The van der Waals surface area contributed by atoms with E-state index in [1.54, 1.807) is 23.9 Å². The van der Waals surface area contributed by atoms with Crippen LogP contribution in [0.2, 0.25) is 0 Å². The molecule has 1 aromatic heterocycles. The fourth-order valence-corrected chi connectivity index (χ4v) is 1.71. The Kier molecular flexibility index (Phi) is 2.87. The van der Waals surface area contributed by atoms with E-state index in [0.29, 0.717) is 4.47 Å². The van der Waals surface area contributed by atoms with Crippen molar-refractivity contribution in [2.45, 2.75) is 0 Å². The van der Waals surface area contributed by atoms with Crippen molar-refractivity contribution in [3.8, 4) is 0 Å². The molecule has 0 bridgehead atoms. The van der Waals surface area contributed by atoms with Gasteiger partial charge in [-0.15, -0.1) is 0 Å². The molecule has 5 heteroatoms. The first-order valence-electron chi connectivity index (χ1n) is 4.56. The molecule has 3 nitrogen and oxygen atoms in total. The number of halogens is 2. The highest BCUT2D eigenvalue weighted by molar-refractivity contribution is 9.10. The third-order valence-corrected chi connectivity index (χ3v) is 2.69. The summed E-state index contributed by atoms with van der Waals surface area (Å²) in [5.74, 6) is -0.749. The molecule has 0 spiro atoms. The highest BCUT2D eigenvalue weighted by atomic mass is 79.9. The molecule has 82 valence electrons. The molecule has 0 amide bonds. The lowest BCUT2D eigenvalue weighted by atomic mass is 10.1. The zero-order chi connectivity index (χ0) is 11.7. The Morgan fingerprint density at radius 1 is 1.50 bits per heavy atom. The zero-order valence-electron chi connectivity index (χ0n) is 8.45. The van der Waals surface area contributed by atoms with Crippen LogP contribution < -0.4 is 0 Å². The molecule has 0 unspecified atom stereocenters. The standard InChI is InChI=1S/C11H8BrFN2O/c1-15-5-4-14-11(15)10(16)8-3-2-7(12)6-9(8)13/h2-6H,1H3. The molecule has 0 aliphatic heterocycles. The van der Waals surface area contributed by atoms with Crippen LogP contribution in [-0.4, -0.2) is 15.3 Å². The predicted octanol–water partition coefficient (Wildman–Crippen LogP) is 2.55. The van der Waals surface area contributed by atoms with Crippen LogP contribution in [0, 0.1) is 5.82 Å². The molecule has 0 saturated heterocycles. The molecule has 2 aromatic rings. The summed E-state index contributed by atoms with van der Waals surface area (Å²) in [4.78, 5) is 15.8. The van der Waals surface area contributed by atoms with E-state index in [2.05, 4.69) is 20.9 Å². The van der Waals surface area contributed by atoms with E-state index in [4.69, 9.17) is 0 Å². The van der Waals surface area contributed by atoms with Gasteiger partial charge in [-0.3, -0.25) is 4.79 Å². The number of aryl methyl sites for hydroxylation is 1. The fraction of sp³-hybridized carbons (Fsp3) is 0.0909. The van der Waals surface area contributed by atoms with Crippen molar-refractivity contribution >= 4 is 21.7 Å². The van der Waals surface area contributed by atoms with E-state index >= 15 is 0 Å². The summed E-state index contributed by atoms with van der Waals surface area (Å²) in [6.45, 7) is 0. The molecule has 0 radical (unpaired) electrons. The fourth-order valence-electron chi connectivity index (χ4n) is 1.38. The maximum Gasteiger partial charge on any atom is 0.231 e. The molecule has 2 rings (SSSR count). The van der Waals surface area contributed by atoms with Crippen LogP contribution in [0.3, 0.4) is 0 Å². The number of carbonyl (C=O) groups is 1. The normalized spacial score (nSPS) is 10.4. The van der Waals surface area contributed by atoms with E-state index in [0.717, 1.165) is 0 Å². The molecule has 0 N–H and O–H groups in total. The quantitative estimate of drug-likeness (QED) is 0.794. The number of hydrogen-bond donors (Lipinski definition) is 0. The maximum atomic E-state index is 13.5. The van der Waals surface area contributed by atoms with Gasteiger partial charge in [0.05, 0.1) is 5.56 Å². The second kappa shape index (κ2) is 4.17. The van der Waals surface area contributed by atoms with Crippen molar-refractivity contribution in [1.82, 2.24) is 9.55 Å².